The topological polar surface area (TPSA) is 71.2 Å². The molecule has 0 aliphatic heterocycles. The van der Waals surface area contributed by atoms with Gasteiger partial charge in [0, 0.05) is 25.9 Å². The lowest BCUT2D eigenvalue weighted by molar-refractivity contribution is -0.129. The van der Waals surface area contributed by atoms with E-state index >= 15 is 0 Å². The molecule has 0 aliphatic carbocycles. The van der Waals surface area contributed by atoms with E-state index in [0.29, 0.717) is 10.8 Å². The lowest BCUT2D eigenvalue weighted by Crippen LogP contribution is -2.36. The van der Waals surface area contributed by atoms with Crippen LogP contribution in [0, 0.1) is 0 Å². The summed E-state index contributed by atoms with van der Waals surface area (Å²) < 4.78 is 0. The minimum absolute atomic E-state index is 0.0208. The number of amides is 1. The number of nitrogens with zero attached hydrogens (tertiary/aromatic N) is 2. The van der Waals surface area contributed by atoms with Gasteiger partial charge in [-0.1, -0.05) is 12.2 Å². The van der Waals surface area contributed by atoms with Crippen molar-refractivity contribution in [1.82, 2.24) is 9.88 Å². The van der Waals surface area contributed by atoms with E-state index in [4.69, 9.17) is 18.0 Å². The Kier molecular flexibility index (Phi) is 4.39. The first-order valence-corrected chi connectivity index (χ1v) is 5.56. The molecule has 0 radical (unpaired) electrons. The zero-order valence-corrected chi connectivity index (χ0v) is 10.9. The van der Waals surface area contributed by atoms with Gasteiger partial charge in [-0.3, -0.25) is 4.79 Å². The Balaban J connectivity index is 2.78. The number of hydrogen-bond donors (Lipinski definition) is 2. The number of carbonyl (C=O) groups is 1. The zero-order chi connectivity index (χ0) is 13.0. The number of nitrogens with two attached hydrogens (primary N) is 1. The summed E-state index contributed by atoms with van der Waals surface area (Å²) >= 11 is 4.88. The molecule has 0 spiro atoms. The first-order chi connectivity index (χ1) is 7.91. The number of anilines is 1. The second kappa shape index (κ2) is 5.58. The highest BCUT2D eigenvalue weighted by molar-refractivity contribution is 7.80. The number of nitrogens with one attached hydrogen (secondary N) is 1. The first-order valence-electron chi connectivity index (χ1n) is 5.15. The van der Waals surface area contributed by atoms with Crippen molar-refractivity contribution in [2.75, 3.05) is 19.4 Å². The van der Waals surface area contributed by atoms with E-state index < -0.39 is 0 Å². The molecule has 17 heavy (non-hydrogen) atoms. The highest BCUT2D eigenvalue weighted by Crippen LogP contribution is 2.08. The van der Waals surface area contributed by atoms with Crippen molar-refractivity contribution in [3.63, 3.8) is 0 Å². The van der Waals surface area contributed by atoms with Gasteiger partial charge in [-0.05, 0) is 19.1 Å². The van der Waals surface area contributed by atoms with Gasteiger partial charge in [0.2, 0.25) is 5.91 Å². The van der Waals surface area contributed by atoms with Crippen molar-refractivity contribution in [2.24, 2.45) is 5.73 Å². The number of likely N-dealkylation sites (N-methyl/N-ethyl adjacent to an activating group) is 1. The molecule has 1 rings (SSSR count). The summed E-state index contributed by atoms with van der Waals surface area (Å²) in [5.41, 5.74) is 6.25. The summed E-state index contributed by atoms with van der Waals surface area (Å²) in [4.78, 5) is 17.6. The van der Waals surface area contributed by atoms with Crippen LogP contribution in [0.25, 0.3) is 0 Å². The minimum Gasteiger partial charge on any atom is -0.389 e. The van der Waals surface area contributed by atoms with E-state index in [1.165, 1.54) is 4.90 Å². The van der Waals surface area contributed by atoms with E-state index in [1.54, 1.807) is 39.3 Å². The summed E-state index contributed by atoms with van der Waals surface area (Å²) in [6.07, 6.45) is 1.60. The van der Waals surface area contributed by atoms with Crippen LogP contribution < -0.4 is 11.1 Å². The van der Waals surface area contributed by atoms with Crippen LogP contribution in [-0.2, 0) is 4.79 Å². The van der Waals surface area contributed by atoms with Crippen molar-refractivity contribution in [3.8, 4) is 0 Å². The van der Waals surface area contributed by atoms with Gasteiger partial charge in [-0.25, -0.2) is 4.98 Å². The molecule has 0 aliphatic rings. The maximum Gasteiger partial charge on any atom is 0.244 e. The fourth-order valence-corrected chi connectivity index (χ4v) is 1.46. The molecule has 1 amide bonds. The number of thiocarbonyl (C=S) groups is 1. The summed E-state index contributed by atoms with van der Waals surface area (Å²) in [5.74, 6) is 0.561. The fraction of sp³-hybridized carbons (Fsp3) is 0.364. The van der Waals surface area contributed by atoms with Gasteiger partial charge >= 0.3 is 0 Å². The maximum absolute atomic E-state index is 11.7. The molecule has 1 aromatic heterocycles. The number of aromatic nitrogens is 1. The van der Waals surface area contributed by atoms with Gasteiger partial charge < -0.3 is 16.0 Å². The average Bonchev–Trinajstić information content (AvgIpc) is 2.28. The maximum atomic E-state index is 11.7. The average molecular weight is 252 g/mol. The molecule has 0 bridgehead atoms. The molecule has 92 valence electrons. The Hall–Kier alpha value is -1.69. The zero-order valence-electron chi connectivity index (χ0n) is 10.1. The lowest BCUT2D eigenvalue weighted by Gasteiger charge is -2.18. The summed E-state index contributed by atoms with van der Waals surface area (Å²) in [5, 5.41) is 3.00. The molecular formula is C11H16N4OS. The SMILES string of the molecule is CC(Nc1cc(C(N)=S)ccn1)C(=O)N(C)C. The van der Waals surface area contributed by atoms with Crippen molar-refractivity contribution in [2.45, 2.75) is 13.0 Å². The lowest BCUT2D eigenvalue weighted by atomic mass is 10.2. The molecule has 1 unspecified atom stereocenters. The molecule has 0 saturated carbocycles. The predicted molar refractivity (Wildman–Crippen MR) is 71.9 cm³/mol. The van der Waals surface area contributed by atoms with Crippen molar-refractivity contribution >= 4 is 28.9 Å². The van der Waals surface area contributed by atoms with Crippen LogP contribution in [0.5, 0.6) is 0 Å². The molecular weight excluding hydrogens is 236 g/mol. The first kappa shape index (κ1) is 13.4. The highest BCUT2D eigenvalue weighted by Gasteiger charge is 2.14. The highest BCUT2D eigenvalue weighted by atomic mass is 32.1. The summed E-state index contributed by atoms with van der Waals surface area (Å²) in [7, 11) is 3.42. The molecule has 1 heterocycles. The third kappa shape index (κ3) is 3.67. The molecule has 5 nitrogen and oxygen atoms in total. The van der Waals surface area contributed by atoms with Crippen molar-refractivity contribution in [1.29, 1.82) is 0 Å². The normalized spacial score (nSPS) is 11.7. The predicted octanol–water partition coefficient (Wildman–Crippen LogP) is 0.604. The molecule has 1 aromatic rings. The van der Waals surface area contributed by atoms with E-state index in [1.807, 2.05) is 0 Å². The largest absolute Gasteiger partial charge is 0.389 e. The van der Waals surface area contributed by atoms with Gasteiger partial charge in [-0.2, -0.15) is 0 Å². The monoisotopic (exact) mass is 252 g/mol. The Morgan fingerprint density at radius 3 is 2.76 bits per heavy atom. The number of carbonyl (C=O) groups excluding carboxylic acids is 1. The van der Waals surface area contributed by atoms with E-state index in [9.17, 15) is 4.79 Å². The van der Waals surface area contributed by atoms with Gasteiger partial charge in [0.25, 0.3) is 0 Å². The summed E-state index contributed by atoms with van der Waals surface area (Å²) in [6, 6.07) is 3.10. The van der Waals surface area contributed by atoms with Gasteiger partial charge in [0.1, 0.15) is 16.8 Å². The van der Waals surface area contributed by atoms with Crippen molar-refractivity contribution in [3.05, 3.63) is 23.9 Å². The van der Waals surface area contributed by atoms with E-state index in [-0.39, 0.29) is 11.9 Å². The number of pyridine rings is 1. The Labute approximate surface area is 106 Å². The smallest absolute Gasteiger partial charge is 0.244 e. The van der Waals surface area contributed by atoms with Crippen LogP contribution >= 0.6 is 12.2 Å². The van der Waals surface area contributed by atoms with Gasteiger partial charge in [0.05, 0.1) is 0 Å². The Morgan fingerprint density at radius 1 is 1.59 bits per heavy atom. The minimum atomic E-state index is -0.348. The molecule has 0 aromatic carbocycles. The molecule has 0 saturated heterocycles. The molecule has 6 heteroatoms. The summed E-state index contributed by atoms with van der Waals surface area (Å²) in [6.45, 7) is 1.78. The van der Waals surface area contributed by atoms with Crippen LogP contribution in [0.3, 0.4) is 0 Å². The fourth-order valence-electron chi connectivity index (χ4n) is 1.33. The van der Waals surface area contributed by atoms with Crippen LogP contribution in [-0.4, -0.2) is 40.9 Å². The second-order valence-corrected chi connectivity index (χ2v) is 4.33. The third-order valence-corrected chi connectivity index (χ3v) is 2.46. The molecule has 0 fully saturated rings. The third-order valence-electron chi connectivity index (χ3n) is 2.22. The van der Waals surface area contributed by atoms with Gasteiger partial charge in [-0.15, -0.1) is 0 Å². The molecule has 3 N–H and O–H groups in total. The molecule has 1 atom stereocenters. The van der Waals surface area contributed by atoms with Crippen molar-refractivity contribution < 1.29 is 4.79 Å². The van der Waals surface area contributed by atoms with Crippen LogP contribution in [0.4, 0.5) is 5.82 Å². The van der Waals surface area contributed by atoms with Crippen LogP contribution in [0.2, 0.25) is 0 Å². The Morgan fingerprint density at radius 2 is 2.24 bits per heavy atom. The Bertz CT molecular complexity index is 433. The number of hydrogen-bond acceptors (Lipinski definition) is 4. The second-order valence-electron chi connectivity index (χ2n) is 3.89. The van der Waals surface area contributed by atoms with Crippen LogP contribution in [0.15, 0.2) is 18.3 Å². The van der Waals surface area contributed by atoms with Crippen LogP contribution in [0.1, 0.15) is 12.5 Å². The standard InChI is InChI=1S/C11H16N4OS/c1-7(11(16)15(2)3)14-9-6-8(10(12)17)4-5-13-9/h4-7H,1-3H3,(H2,12,17)(H,13,14). The van der Waals surface area contributed by atoms with Gasteiger partial charge in [0.15, 0.2) is 0 Å². The van der Waals surface area contributed by atoms with E-state index in [0.717, 1.165) is 5.56 Å². The quantitative estimate of drug-likeness (QED) is 0.768. The van der Waals surface area contributed by atoms with E-state index in [2.05, 4.69) is 10.3 Å². The number of rotatable bonds is 4.